The van der Waals surface area contributed by atoms with Crippen molar-refractivity contribution in [3.63, 3.8) is 0 Å². The number of benzene rings is 3. The predicted octanol–water partition coefficient (Wildman–Crippen LogP) is 7.72. The Labute approximate surface area is 282 Å². The number of carbonyl (C=O) groups excluding carboxylic acids is 2. The number of ether oxygens (including phenoxy) is 2. The molecule has 8 rings (SSSR count). The van der Waals surface area contributed by atoms with E-state index in [9.17, 15) is 14.7 Å². The van der Waals surface area contributed by atoms with Gasteiger partial charge in [0, 0.05) is 46.0 Å². The number of esters is 1. The summed E-state index contributed by atoms with van der Waals surface area (Å²) in [6, 6.07) is 13.0. The van der Waals surface area contributed by atoms with E-state index in [1.54, 1.807) is 6.92 Å². The summed E-state index contributed by atoms with van der Waals surface area (Å²) < 4.78 is 16.3. The molecule has 47 heavy (non-hydrogen) atoms. The average molecular weight is 672 g/mol. The van der Waals surface area contributed by atoms with Gasteiger partial charge in [-0.2, -0.15) is 23.5 Å². The van der Waals surface area contributed by atoms with Crippen LogP contribution in [-0.2, 0) is 38.0 Å². The van der Waals surface area contributed by atoms with E-state index in [2.05, 4.69) is 60.1 Å². The van der Waals surface area contributed by atoms with E-state index in [1.165, 1.54) is 43.9 Å². The van der Waals surface area contributed by atoms with E-state index in [4.69, 9.17) is 9.47 Å². The largest absolute Gasteiger partial charge is 0.467 e. The number of nitrogens with zero attached hydrogens (tertiary/aromatic N) is 2. The van der Waals surface area contributed by atoms with Crippen molar-refractivity contribution in [3.8, 4) is 0 Å². The number of hydrogen-bond acceptors (Lipinski definition) is 7. The smallest absolute Gasteiger partial charge is 0.343 e. The SMILES string of the molecule is CCCCSCc1ccc2c(c1)c1c3c(c4c5cc(CSCCCC)ccc5n5c4c1n2C1C[C@](O)(C(=O)OC)[C@]5(C)O1)CNC3=O. The van der Waals surface area contributed by atoms with Crippen LogP contribution < -0.4 is 5.32 Å². The van der Waals surface area contributed by atoms with Crippen LogP contribution >= 0.6 is 23.5 Å². The van der Waals surface area contributed by atoms with Crippen LogP contribution in [0.5, 0.6) is 0 Å². The second kappa shape index (κ2) is 11.5. The Kier molecular flexibility index (Phi) is 7.59. The Hall–Kier alpha value is -3.18. The van der Waals surface area contributed by atoms with Gasteiger partial charge in [0.15, 0.2) is 5.72 Å². The molecule has 5 heterocycles. The lowest BCUT2D eigenvalue weighted by Gasteiger charge is -2.37. The molecular formula is C37H41N3O5S2. The van der Waals surface area contributed by atoms with Gasteiger partial charge in [-0.15, -0.1) is 0 Å². The molecule has 5 aromatic rings. The molecular weight excluding hydrogens is 631 g/mol. The summed E-state index contributed by atoms with van der Waals surface area (Å²) in [5.74, 6) is 3.19. The molecule has 2 bridgehead atoms. The standard InChI is InChI=1S/C37H41N3O5S2/c1-5-7-13-46-19-21-9-11-26-23(15-21)30-31-25(18-38-34(31)41)29-24-16-22(20-47-14-8-6-2)10-12-27(24)40-33(29)32(30)39(26)28-17-37(43,35(42)44-4)36(40,3)45-28/h9-12,15-16,28,43H,5-8,13-14,17-20H2,1-4H3,(H,38,41)/t28?,36-,37-/m0/s1. The molecule has 8 nitrogen and oxygen atoms in total. The van der Waals surface area contributed by atoms with E-state index < -0.39 is 23.5 Å². The summed E-state index contributed by atoms with van der Waals surface area (Å²) in [5, 5.41) is 19.4. The molecule has 3 atom stereocenters. The second-order valence-corrected chi connectivity index (χ2v) is 15.5. The molecule has 3 aromatic carbocycles. The Morgan fingerprint density at radius 1 is 1.00 bits per heavy atom. The Morgan fingerprint density at radius 2 is 1.64 bits per heavy atom. The zero-order valence-corrected chi connectivity index (χ0v) is 29.0. The number of fused-ring (bicyclic) bond motifs is 13. The first-order valence-corrected chi connectivity index (χ1v) is 19.1. The van der Waals surface area contributed by atoms with Gasteiger partial charge in [-0.05, 0) is 72.2 Å². The maximum absolute atomic E-state index is 13.8. The van der Waals surface area contributed by atoms with Gasteiger partial charge in [0.05, 0.1) is 34.7 Å². The highest BCUT2D eigenvalue weighted by Gasteiger charge is 2.65. The fourth-order valence-corrected chi connectivity index (χ4v) is 10.2. The van der Waals surface area contributed by atoms with Gasteiger partial charge in [-0.3, -0.25) is 4.79 Å². The fourth-order valence-electron chi connectivity index (χ4n) is 8.14. The molecule has 3 aliphatic heterocycles. The molecule has 0 saturated carbocycles. The van der Waals surface area contributed by atoms with Crippen LogP contribution in [0.2, 0.25) is 0 Å². The molecule has 1 amide bonds. The van der Waals surface area contributed by atoms with Crippen molar-refractivity contribution in [2.45, 2.75) is 88.5 Å². The molecule has 1 fully saturated rings. The van der Waals surface area contributed by atoms with Crippen LogP contribution in [0.15, 0.2) is 36.4 Å². The normalized spacial score (nSPS) is 23.0. The summed E-state index contributed by atoms with van der Waals surface area (Å²) in [7, 11) is 1.31. The number of aliphatic hydroxyl groups is 1. The Bertz CT molecular complexity index is 2120. The molecule has 1 saturated heterocycles. The first kappa shape index (κ1) is 31.1. The lowest BCUT2D eigenvalue weighted by molar-refractivity contribution is -0.202. The van der Waals surface area contributed by atoms with E-state index >= 15 is 0 Å². The van der Waals surface area contributed by atoms with Gasteiger partial charge < -0.3 is 29.0 Å². The number of carbonyl (C=O) groups is 2. The number of rotatable bonds is 11. The van der Waals surface area contributed by atoms with Crippen LogP contribution in [0.1, 0.15) is 86.2 Å². The van der Waals surface area contributed by atoms with Crippen molar-refractivity contribution >= 4 is 79.0 Å². The molecule has 0 aliphatic carbocycles. The van der Waals surface area contributed by atoms with Gasteiger partial charge in [0.1, 0.15) is 6.23 Å². The molecule has 10 heteroatoms. The number of aromatic nitrogens is 2. The average Bonchev–Trinajstić information content (AvgIpc) is 3.77. The van der Waals surface area contributed by atoms with Gasteiger partial charge in [0.2, 0.25) is 5.60 Å². The molecule has 3 aliphatic rings. The van der Waals surface area contributed by atoms with Gasteiger partial charge in [0.25, 0.3) is 5.91 Å². The van der Waals surface area contributed by atoms with Gasteiger partial charge in [-0.25, -0.2) is 4.79 Å². The van der Waals surface area contributed by atoms with Crippen LogP contribution in [-0.4, -0.2) is 50.3 Å². The lowest BCUT2D eigenvalue weighted by Crippen LogP contribution is -2.56. The van der Waals surface area contributed by atoms with Crippen molar-refractivity contribution < 1.29 is 24.2 Å². The zero-order chi connectivity index (χ0) is 32.7. The minimum Gasteiger partial charge on any atom is -0.467 e. The van der Waals surface area contributed by atoms with Crippen LogP contribution in [0.3, 0.4) is 0 Å². The van der Waals surface area contributed by atoms with E-state index in [1.807, 2.05) is 28.1 Å². The van der Waals surface area contributed by atoms with Gasteiger partial charge >= 0.3 is 5.97 Å². The summed E-state index contributed by atoms with van der Waals surface area (Å²) >= 11 is 3.85. The fraction of sp³-hybridized carbons (Fsp3) is 0.459. The maximum atomic E-state index is 13.8. The summed E-state index contributed by atoms with van der Waals surface area (Å²) in [6.07, 6.45) is 4.05. The summed E-state index contributed by atoms with van der Waals surface area (Å²) in [5.41, 5.74) is 4.23. The molecule has 0 radical (unpaired) electrons. The number of unbranched alkanes of at least 4 members (excludes halogenated alkanes) is 2. The Morgan fingerprint density at radius 3 is 2.28 bits per heavy atom. The summed E-state index contributed by atoms with van der Waals surface area (Å²) in [4.78, 5) is 27.4. The van der Waals surface area contributed by atoms with Crippen molar-refractivity contribution in [1.82, 2.24) is 14.5 Å². The minimum absolute atomic E-state index is 0.0136. The monoisotopic (exact) mass is 671 g/mol. The number of methoxy groups -OCH3 is 1. The predicted molar refractivity (Wildman–Crippen MR) is 191 cm³/mol. The third-order valence-corrected chi connectivity index (χ3v) is 12.7. The van der Waals surface area contributed by atoms with Crippen molar-refractivity contribution in [3.05, 3.63) is 58.7 Å². The minimum atomic E-state index is -1.95. The number of amides is 1. The quantitative estimate of drug-likeness (QED) is 0.110. The van der Waals surface area contributed by atoms with Crippen molar-refractivity contribution in [2.24, 2.45) is 0 Å². The van der Waals surface area contributed by atoms with Crippen molar-refractivity contribution in [2.75, 3.05) is 18.6 Å². The third-order valence-electron chi connectivity index (χ3n) is 10.5. The van der Waals surface area contributed by atoms with Gasteiger partial charge in [-0.1, -0.05) is 38.8 Å². The summed E-state index contributed by atoms with van der Waals surface area (Å²) in [6.45, 7) is 6.64. The van der Waals surface area contributed by atoms with Crippen LogP contribution in [0.4, 0.5) is 0 Å². The first-order chi connectivity index (χ1) is 22.8. The zero-order valence-electron chi connectivity index (χ0n) is 27.4. The molecule has 2 aromatic heterocycles. The van der Waals surface area contributed by atoms with E-state index in [0.717, 1.165) is 77.8 Å². The first-order valence-electron chi connectivity index (χ1n) is 16.8. The highest BCUT2D eigenvalue weighted by atomic mass is 32.2. The van der Waals surface area contributed by atoms with Crippen LogP contribution in [0.25, 0.3) is 43.6 Å². The molecule has 1 unspecified atom stereocenters. The third kappa shape index (κ3) is 4.30. The second-order valence-electron chi connectivity index (χ2n) is 13.3. The Balaban J connectivity index is 1.48. The number of thioether (sulfide) groups is 2. The van der Waals surface area contributed by atoms with Crippen LogP contribution in [0, 0.1) is 0 Å². The molecule has 246 valence electrons. The molecule has 2 N–H and O–H groups in total. The highest BCUT2D eigenvalue weighted by molar-refractivity contribution is 7.98. The lowest BCUT2D eigenvalue weighted by atomic mass is 9.88. The van der Waals surface area contributed by atoms with E-state index in [0.29, 0.717) is 6.54 Å². The maximum Gasteiger partial charge on any atom is 0.343 e. The number of nitrogens with one attached hydrogen (secondary N) is 1. The van der Waals surface area contributed by atoms with E-state index in [-0.39, 0.29) is 12.3 Å². The molecule has 0 spiro atoms. The topological polar surface area (TPSA) is 94.7 Å². The van der Waals surface area contributed by atoms with Crippen molar-refractivity contribution in [1.29, 1.82) is 0 Å². The highest BCUT2D eigenvalue weighted by Crippen LogP contribution is 2.58. The number of hydrogen-bond donors (Lipinski definition) is 2.